The van der Waals surface area contributed by atoms with E-state index in [9.17, 15) is 9.59 Å². The first-order chi connectivity index (χ1) is 10.3. The number of hydrogen-bond donors (Lipinski definition) is 1. The summed E-state index contributed by atoms with van der Waals surface area (Å²) >= 11 is 0. The van der Waals surface area contributed by atoms with Crippen molar-refractivity contribution in [1.29, 1.82) is 0 Å². The molecule has 1 aromatic carbocycles. The average molecular weight is 307 g/mol. The van der Waals surface area contributed by atoms with E-state index >= 15 is 0 Å². The summed E-state index contributed by atoms with van der Waals surface area (Å²) in [6.07, 6.45) is -0.268. The molecule has 6 nitrogen and oxygen atoms in total. The minimum Gasteiger partial charge on any atom is -0.453 e. The highest BCUT2D eigenvalue weighted by atomic mass is 16.7. The van der Waals surface area contributed by atoms with Crippen LogP contribution in [-0.2, 0) is 9.47 Å². The summed E-state index contributed by atoms with van der Waals surface area (Å²) < 4.78 is 14.8. The fourth-order valence-corrected chi connectivity index (χ4v) is 2.08. The van der Waals surface area contributed by atoms with Crippen LogP contribution in [0.1, 0.15) is 38.7 Å². The maximum Gasteiger partial charge on any atom is 0.514 e. The third-order valence-corrected chi connectivity index (χ3v) is 3.18. The van der Waals surface area contributed by atoms with Gasteiger partial charge in [-0.25, -0.2) is 9.59 Å². The van der Waals surface area contributed by atoms with Crippen LogP contribution in [0.2, 0.25) is 0 Å². The lowest BCUT2D eigenvalue weighted by molar-refractivity contribution is 0.0206. The molecule has 2 unspecified atom stereocenters. The first-order valence-corrected chi connectivity index (χ1v) is 7.14. The number of carbonyl (C=O) groups excluding carboxylic acids is 2. The Morgan fingerprint density at radius 2 is 1.82 bits per heavy atom. The van der Waals surface area contributed by atoms with Crippen LogP contribution in [-0.4, -0.2) is 31.0 Å². The normalized spacial score (nSPS) is 20.0. The van der Waals surface area contributed by atoms with Crippen LogP contribution in [0.15, 0.2) is 24.3 Å². The number of benzene rings is 1. The fourth-order valence-electron chi connectivity index (χ4n) is 2.08. The van der Waals surface area contributed by atoms with Crippen molar-refractivity contribution in [2.75, 3.05) is 7.11 Å². The van der Waals surface area contributed by atoms with E-state index in [4.69, 9.17) is 9.47 Å². The minimum absolute atomic E-state index is 0.102. The van der Waals surface area contributed by atoms with Gasteiger partial charge in [0.1, 0.15) is 11.4 Å². The number of rotatable bonds is 3. The molecular formula is C16H21NO5. The number of nitrogens with one attached hydrogen (secondary N) is 1. The van der Waals surface area contributed by atoms with E-state index in [1.54, 1.807) is 32.9 Å². The van der Waals surface area contributed by atoms with Crippen LogP contribution < -0.4 is 10.1 Å². The van der Waals surface area contributed by atoms with Crippen molar-refractivity contribution in [3.05, 3.63) is 29.8 Å². The van der Waals surface area contributed by atoms with Crippen LogP contribution in [0.4, 0.5) is 9.59 Å². The zero-order valence-corrected chi connectivity index (χ0v) is 13.2. The van der Waals surface area contributed by atoms with Crippen LogP contribution in [0.5, 0.6) is 5.75 Å². The van der Waals surface area contributed by atoms with E-state index in [1.807, 2.05) is 12.1 Å². The summed E-state index contributed by atoms with van der Waals surface area (Å²) in [7, 11) is 1.34. The average Bonchev–Trinajstić information content (AvgIpc) is 3.16. The van der Waals surface area contributed by atoms with E-state index in [0.29, 0.717) is 5.75 Å². The van der Waals surface area contributed by atoms with E-state index in [1.165, 1.54) is 7.11 Å². The van der Waals surface area contributed by atoms with Gasteiger partial charge in [-0.05, 0) is 44.9 Å². The van der Waals surface area contributed by atoms with Gasteiger partial charge in [-0.2, -0.15) is 0 Å². The predicted octanol–water partition coefficient (Wildman–Crippen LogP) is 3.21. The molecule has 0 bridgehead atoms. The van der Waals surface area contributed by atoms with Gasteiger partial charge >= 0.3 is 12.2 Å². The molecule has 2 atom stereocenters. The van der Waals surface area contributed by atoms with E-state index in [-0.39, 0.29) is 12.0 Å². The van der Waals surface area contributed by atoms with E-state index < -0.39 is 17.8 Å². The predicted molar refractivity (Wildman–Crippen MR) is 80.0 cm³/mol. The topological polar surface area (TPSA) is 73.9 Å². The highest BCUT2D eigenvalue weighted by Crippen LogP contribution is 2.41. The summed E-state index contributed by atoms with van der Waals surface area (Å²) in [6.45, 7) is 5.33. The van der Waals surface area contributed by atoms with Crippen LogP contribution in [0.25, 0.3) is 0 Å². The number of hydrogen-bond acceptors (Lipinski definition) is 5. The molecule has 0 aliphatic heterocycles. The molecule has 1 amide bonds. The first-order valence-electron chi connectivity index (χ1n) is 7.14. The van der Waals surface area contributed by atoms with Crippen molar-refractivity contribution in [3.8, 4) is 5.75 Å². The second kappa shape index (κ2) is 6.25. The molecule has 0 spiro atoms. The molecule has 1 saturated carbocycles. The van der Waals surface area contributed by atoms with Gasteiger partial charge < -0.3 is 19.5 Å². The summed E-state index contributed by atoms with van der Waals surface area (Å²) in [6, 6.07) is 7.29. The number of amides is 1. The smallest absolute Gasteiger partial charge is 0.453 e. The monoisotopic (exact) mass is 307 g/mol. The summed E-state index contributed by atoms with van der Waals surface area (Å²) in [4.78, 5) is 22.7. The highest BCUT2D eigenvalue weighted by molar-refractivity contribution is 5.68. The van der Waals surface area contributed by atoms with Crippen LogP contribution >= 0.6 is 0 Å². The Hall–Kier alpha value is -2.24. The highest BCUT2D eigenvalue weighted by Gasteiger charge is 2.39. The number of carbonyl (C=O) groups is 2. The van der Waals surface area contributed by atoms with E-state index in [2.05, 4.69) is 10.1 Å². The zero-order chi connectivity index (χ0) is 16.3. The minimum atomic E-state index is -0.725. The summed E-state index contributed by atoms with van der Waals surface area (Å²) in [5.74, 6) is 0.700. The lowest BCUT2D eigenvalue weighted by Gasteiger charge is -2.18. The Bertz CT molecular complexity index is 547. The van der Waals surface area contributed by atoms with Crippen molar-refractivity contribution in [3.63, 3.8) is 0 Å². The molecule has 2 rings (SSSR count). The zero-order valence-electron chi connectivity index (χ0n) is 13.2. The Morgan fingerprint density at radius 1 is 1.18 bits per heavy atom. The van der Waals surface area contributed by atoms with Crippen molar-refractivity contribution in [1.82, 2.24) is 5.32 Å². The molecule has 0 radical (unpaired) electrons. The van der Waals surface area contributed by atoms with Gasteiger partial charge in [0, 0.05) is 12.0 Å². The molecule has 1 aromatic rings. The molecule has 22 heavy (non-hydrogen) atoms. The Kier molecular flexibility index (Phi) is 4.59. The lowest BCUT2D eigenvalue weighted by Crippen LogP contribution is -2.26. The van der Waals surface area contributed by atoms with Gasteiger partial charge in [-0.1, -0.05) is 12.1 Å². The molecule has 1 N–H and O–H groups in total. The van der Waals surface area contributed by atoms with Crippen molar-refractivity contribution in [2.24, 2.45) is 0 Å². The molecule has 1 fully saturated rings. The summed E-state index contributed by atoms with van der Waals surface area (Å²) in [5.41, 5.74) is 0.496. The van der Waals surface area contributed by atoms with Gasteiger partial charge in [-0.15, -0.1) is 0 Å². The second-order valence-corrected chi connectivity index (χ2v) is 6.22. The Morgan fingerprint density at radius 3 is 2.36 bits per heavy atom. The van der Waals surface area contributed by atoms with Crippen molar-refractivity contribution >= 4 is 12.2 Å². The van der Waals surface area contributed by atoms with Crippen LogP contribution in [0.3, 0.4) is 0 Å². The summed E-state index contributed by atoms with van der Waals surface area (Å²) in [5, 5.41) is 2.76. The molecule has 0 heterocycles. The Labute approximate surface area is 129 Å². The van der Waals surface area contributed by atoms with Gasteiger partial charge in [0.2, 0.25) is 0 Å². The van der Waals surface area contributed by atoms with Crippen molar-refractivity contribution < 1.29 is 23.8 Å². The van der Waals surface area contributed by atoms with Gasteiger partial charge in [0.25, 0.3) is 0 Å². The molecule has 120 valence electrons. The second-order valence-electron chi connectivity index (χ2n) is 6.22. The number of ether oxygens (including phenoxy) is 3. The lowest BCUT2D eigenvalue weighted by atomic mass is 10.1. The molecular weight excluding hydrogens is 286 g/mol. The maximum absolute atomic E-state index is 11.6. The SMILES string of the molecule is COC(=O)NC1CC1c1ccc(OC(=O)OC(C)(C)C)cc1. The largest absolute Gasteiger partial charge is 0.514 e. The standard InChI is InChI=1S/C16H21NO5/c1-16(2,3)22-15(19)21-11-7-5-10(6-8-11)12-9-13(12)17-14(18)20-4/h5-8,12-13H,9H2,1-4H3,(H,17,18). The molecule has 0 saturated heterocycles. The van der Waals surface area contributed by atoms with Gasteiger partial charge in [0.15, 0.2) is 0 Å². The fraction of sp³-hybridized carbons (Fsp3) is 0.500. The quantitative estimate of drug-likeness (QED) is 0.685. The first kappa shape index (κ1) is 16.1. The molecule has 1 aliphatic rings. The number of methoxy groups -OCH3 is 1. The number of alkyl carbamates (subject to hydrolysis) is 1. The third kappa shape index (κ3) is 4.65. The maximum atomic E-state index is 11.6. The Balaban J connectivity index is 1.87. The van der Waals surface area contributed by atoms with Crippen LogP contribution in [0, 0.1) is 0 Å². The van der Waals surface area contributed by atoms with Crippen molar-refractivity contribution in [2.45, 2.75) is 44.8 Å². The van der Waals surface area contributed by atoms with Gasteiger partial charge in [0.05, 0.1) is 7.11 Å². The van der Waals surface area contributed by atoms with E-state index in [0.717, 1.165) is 12.0 Å². The molecule has 0 aromatic heterocycles. The third-order valence-electron chi connectivity index (χ3n) is 3.18. The van der Waals surface area contributed by atoms with Gasteiger partial charge in [-0.3, -0.25) is 0 Å². The molecule has 6 heteroatoms. The molecule has 1 aliphatic carbocycles.